The number of hydrogen-bond acceptors (Lipinski definition) is 3. The second-order valence-corrected chi connectivity index (χ2v) is 5.96. The number of methoxy groups -OCH3 is 1. The fraction of sp³-hybridized carbons (Fsp3) is 0.0667. The van der Waals surface area contributed by atoms with E-state index in [4.69, 9.17) is 28.6 Å². The van der Waals surface area contributed by atoms with Gasteiger partial charge in [0.05, 0.1) is 23.4 Å². The molecule has 0 saturated heterocycles. The van der Waals surface area contributed by atoms with Crippen LogP contribution in [0.4, 0.5) is 5.69 Å². The van der Waals surface area contributed by atoms with Crippen LogP contribution in [0, 0.1) is 0 Å². The number of rotatable bonds is 3. The maximum atomic E-state index is 12.2. The van der Waals surface area contributed by atoms with E-state index in [9.17, 15) is 4.79 Å². The maximum Gasteiger partial charge on any atom is 0.261 e. The van der Waals surface area contributed by atoms with Gasteiger partial charge in [0.15, 0.2) is 5.11 Å². The van der Waals surface area contributed by atoms with Crippen molar-refractivity contribution in [3.05, 3.63) is 57.5 Å². The van der Waals surface area contributed by atoms with Gasteiger partial charge in [-0.3, -0.25) is 10.1 Å². The van der Waals surface area contributed by atoms with Crippen LogP contribution < -0.4 is 15.4 Å². The number of carbonyl (C=O) groups excluding carboxylic acids is 1. The molecule has 0 radical (unpaired) electrons. The predicted molar refractivity (Wildman–Crippen MR) is 95.8 cm³/mol. The summed E-state index contributed by atoms with van der Waals surface area (Å²) in [5, 5.41) is 6.12. The molecule has 0 bridgehead atoms. The summed E-state index contributed by atoms with van der Waals surface area (Å²) in [4.78, 5) is 12.2. The number of para-hydroxylation sites is 1. The molecular weight excluding hydrogens is 388 g/mol. The van der Waals surface area contributed by atoms with Crippen molar-refractivity contribution in [3.63, 3.8) is 0 Å². The zero-order valence-corrected chi connectivity index (χ0v) is 14.7. The fourth-order valence-corrected chi connectivity index (χ4v) is 2.67. The van der Waals surface area contributed by atoms with Crippen molar-refractivity contribution in [2.45, 2.75) is 0 Å². The number of benzene rings is 2. The molecule has 0 atom stereocenters. The molecule has 1 amide bonds. The summed E-state index contributed by atoms with van der Waals surface area (Å²) >= 11 is 14.5. The Kier molecular flexibility index (Phi) is 5.76. The molecule has 0 aliphatic heterocycles. The number of halogens is 2. The molecule has 0 fully saturated rings. The van der Waals surface area contributed by atoms with Crippen LogP contribution in [0.3, 0.4) is 0 Å². The third-order valence-electron chi connectivity index (χ3n) is 2.76. The van der Waals surface area contributed by atoms with Gasteiger partial charge in [-0.1, -0.05) is 39.7 Å². The normalized spacial score (nSPS) is 9.95. The van der Waals surface area contributed by atoms with E-state index in [1.54, 1.807) is 36.4 Å². The zero-order chi connectivity index (χ0) is 16.1. The molecule has 0 heterocycles. The molecular formula is C15H12BrClN2O2S. The Morgan fingerprint density at radius 2 is 2.00 bits per heavy atom. The minimum Gasteiger partial charge on any atom is -0.496 e. The molecule has 0 aromatic heterocycles. The molecule has 114 valence electrons. The van der Waals surface area contributed by atoms with E-state index in [0.29, 0.717) is 22.0 Å². The van der Waals surface area contributed by atoms with Crippen molar-refractivity contribution in [1.29, 1.82) is 0 Å². The molecule has 2 N–H and O–H groups in total. The molecule has 2 aromatic rings. The number of amides is 1. The SMILES string of the molecule is COc1ccccc1C(=O)NC(=S)Nc1ccc(Br)cc1Cl. The first kappa shape index (κ1) is 16.7. The second-order valence-electron chi connectivity index (χ2n) is 4.23. The summed E-state index contributed by atoms with van der Waals surface area (Å²) in [6.07, 6.45) is 0. The van der Waals surface area contributed by atoms with Crippen molar-refractivity contribution < 1.29 is 9.53 Å². The van der Waals surface area contributed by atoms with Gasteiger partial charge in [0.2, 0.25) is 0 Å². The lowest BCUT2D eigenvalue weighted by molar-refractivity contribution is 0.0975. The first-order chi connectivity index (χ1) is 10.5. The average molecular weight is 400 g/mol. The molecule has 7 heteroatoms. The Morgan fingerprint density at radius 3 is 2.68 bits per heavy atom. The third-order valence-corrected chi connectivity index (χ3v) is 3.77. The largest absolute Gasteiger partial charge is 0.496 e. The van der Waals surface area contributed by atoms with Crippen LogP contribution in [0.25, 0.3) is 0 Å². The summed E-state index contributed by atoms with van der Waals surface area (Å²) in [5.74, 6) is 0.118. The quantitative estimate of drug-likeness (QED) is 0.758. The Hall–Kier alpha value is -1.63. The van der Waals surface area contributed by atoms with Crippen molar-refractivity contribution in [3.8, 4) is 5.75 Å². The van der Waals surface area contributed by atoms with Crippen LogP contribution in [0.2, 0.25) is 5.02 Å². The summed E-state index contributed by atoms with van der Waals surface area (Å²) in [7, 11) is 1.50. The number of anilines is 1. The average Bonchev–Trinajstić information content (AvgIpc) is 2.50. The highest BCUT2D eigenvalue weighted by molar-refractivity contribution is 9.10. The number of nitrogens with one attached hydrogen (secondary N) is 2. The number of ether oxygens (including phenoxy) is 1. The number of carbonyl (C=O) groups is 1. The van der Waals surface area contributed by atoms with Crippen LogP contribution in [0.1, 0.15) is 10.4 Å². The van der Waals surface area contributed by atoms with Crippen molar-refractivity contribution in [2.75, 3.05) is 12.4 Å². The molecule has 0 unspecified atom stereocenters. The summed E-state index contributed by atoms with van der Waals surface area (Å²) in [5.41, 5.74) is 1.01. The van der Waals surface area contributed by atoms with E-state index in [0.717, 1.165) is 4.47 Å². The molecule has 0 saturated carbocycles. The van der Waals surface area contributed by atoms with Crippen LogP contribution >= 0.6 is 39.7 Å². The summed E-state index contributed by atoms with van der Waals surface area (Å²) in [6.45, 7) is 0. The van der Waals surface area contributed by atoms with Crippen molar-refractivity contribution in [1.82, 2.24) is 5.32 Å². The predicted octanol–water partition coefficient (Wildman–Crippen LogP) is 4.24. The highest BCUT2D eigenvalue weighted by Gasteiger charge is 2.13. The van der Waals surface area contributed by atoms with Gasteiger partial charge in [-0.15, -0.1) is 0 Å². The van der Waals surface area contributed by atoms with Gasteiger partial charge >= 0.3 is 0 Å². The maximum absolute atomic E-state index is 12.2. The van der Waals surface area contributed by atoms with Crippen LogP contribution in [-0.2, 0) is 0 Å². The lowest BCUT2D eigenvalue weighted by Crippen LogP contribution is -2.34. The smallest absolute Gasteiger partial charge is 0.261 e. The van der Waals surface area contributed by atoms with Gasteiger partial charge in [0.25, 0.3) is 5.91 Å². The molecule has 0 spiro atoms. The second kappa shape index (κ2) is 7.58. The van der Waals surface area contributed by atoms with Crippen molar-refractivity contribution in [2.24, 2.45) is 0 Å². The number of thiocarbonyl (C=S) groups is 1. The van der Waals surface area contributed by atoms with E-state index in [-0.39, 0.29) is 11.0 Å². The van der Waals surface area contributed by atoms with Crippen LogP contribution in [-0.4, -0.2) is 18.1 Å². The van der Waals surface area contributed by atoms with E-state index >= 15 is 0 Å². The highest BCUT2D eigenvalue weighted by Crippen LogP contribution is 2.25. The van der Waals surface area contributed by atoms with Gasteiger partial charge in [0, 0.05) is 4.47 Å². The third kappa shape index (κ3) is 4.19. The van der Waals surface area contributed by atoms with E-state index in [1.807, 2.05) is 6.07 Å². The van der Waals surface area contributed by atoms with Gasteiger partial charge in [0.1, 0.15) is 5.75 Å². The first-order valence-corrected chi connectivity index (χ1v) is 7.79. The Labute approximate surface area is 146 Å². The standard InChI is InChI=1S/C15H12BrClN2O2S/c1-21-13-5-3-2-4-10(13)14(20)19-15(22)18-12-7-6-9(16)8-11(12)17/h2-8H,1H3,(H2,18,19,20,22). The van der Waals surface area contributed by atoms with Gasteiger partial charge in [-0.2, -0.15) is 0 Å². The monoisotopic (exact) mass is 398 g/mol. The highest BCUT2D eigenvalue weighted by atomic mass is 79.9. The molecule has 4 nitrogen and oxygen atoms in total. The topological polar surface area (TPSA) is 50.4 Å². The Morgan fingerprint density at radius 1 is 1.27 bits per heavy atom. The lowest BCUT2D eigenvalue weighted by Gasteiger charge is -2.12. The van der Waals surface area contributed by atoms with Crippen LogP contribution in [0.5, 0.6) is 5.75 Å². The van der Waals surface area contributed by atoms with Gasteiger partial charge in [-0.05, 0) is 42.5 Å². The molecule has 22 heavy (non-hydrogen) atoms. The molecule has 0 aliphatic carbocycles. The van der Waals surface area contributed by atoms with Crippen molar-refractivity contribution >= 4 is 56.5 Å². The molecule has 0 aliphatic rings. The fourth-order valence-electron chi connectivity index (χ4n) is 1.75. The lowest BCUT2D eigenvalue weighted by atomic mass is 10.2. The number of hydrogen-bond donors (Lipinski definition) is 2. The molecule has 2 rings (SSSR count). The van der Waals surface area contributed by atoms with Crippen LogP contribution in [0.15, 0.2) is 46.9 Å². The Balaban J connectivity index is 2.07. The van der Waals surface area contributed by atoms with E-state index in [2.05, 4.69) is 26.6 Å². The van der Waals surface area contributed by atoms with E-state index in [1.165, 1.54) is 7.11 Å². The minimum atomic E-state index is -0.358. The van der Waals surface area contributed by atoms with Gasteiger partial charge < -0.3 is 10.1 Å². The van der Waals surface area contributed by atoms with E-state index < -0.39 is 0 Å². The van der Waals surface area contributed by atoms with Gasteiger partial charge in [-0.25, -0.2) is 0 Å². The Bertz CT molecular complexity index is 724. The zero-order valence-electron chi connectivity index (χ0n) is 11.5. The summed E-state index contributed by atoms with van der Waals surface area (Å²) in [6, 6.07) is 12.2. The minimum absolute atomic E-state index is 0.153. The molecule has 2 aromatic carbocycles. The first-order valence-electron chi connectivity index (χ1n) is 6.21. The summed E-state index contributed by atoms with van der Waals surface area (Å²) < 4.78 is 6.00.